The third-order valence-corrected chi connectivity index (χ3v) is 5.43. The number of carbonyl (C=O) groups excluding carboxylic acids is 1. The van der Waals surface area contributed by atoms with E-state index in [-0.39, 0.29) is 5.91 Å². The lowest BCUT2D eigenvalue weighted by Crippen LogP contribution is -2.53. The summed E-state index contributed by atoms with van der Waals surface area (Å²) in [5, 5.41) is 7.52. The van der Waals surface area contributed by atoms with E-state index in [1.165, 1.54) is 4.90 Å². The molecule has 24 heavy (non-hydrogen) atoms. The first-order valence-electron chi connectivity index (χ1n) is 7.92. The Hall–Kier alpha value is -1.02. The molecule has 1 amide bonds. The minimum atomic E-state index is 0.0587. The predicted molar refractivity (Wildman–Crippen MR) is 105 cm³/mol. The molecule has 132 valence electrons. The van der Waals surface area contributed by atoms with E-state index in [0.29, 0.717) is 6.54 Å². The molecule has 0 spiro atoms. The first-order valence-corrected chi connectivity index (χ1v) is 9.70. The van der Waals surface area contributed by atoms with Gasteiger partial charge in [0, 0.05) is 55.4 Å². The third-order valence-electron chi connectivity index (χ3n) is 3.77. The molecule has 5 nitrogen and oxygen atoms in total. The zero-order valence-corrected chi connectivity index (χ0v) is 16.1. The lowest BCUT2D eigenvalue weighted by atomic mass is 10.3. The number of thioether (sulfide) groups is 1. The van der Waals surface area contributed by atoms with E-state index in [1.807, 2.05) is 24.3 Å². The van der Waals surface area contributed by atoms with Crippen LogP contribution in [0.1, 0.15) is 0 Å². The quantitative estimate of drug-likeness (QED) is 0.440. The highest BCUT2D eigenvalue weighted by Gasteiger charge is 2.19. The Morgan fingerprint density at radius 1 is 1.25 bits per heavy atom. The zero-order valence-electron chi connectivity index (χ0n) is 13.8. The van der Waals surface area contributed by atoms with Crippen molar-refractivity contribution in [3.05, 3.63) is 29.3 Å². The number of halogens is 1. The molecule has 0 aliphatic carbocycles. The van der Waals surface area contributed by atoms with E-state index >= 15 is 0 Å². The van der Waals surface area contributed by atoms with Gasteiger partial charge in [0.15, 0.2) is 5.11 Å². The number of hydrogen-bond donors (Lipinski definition) is 2. The van der Waals surface area contributed by atoms with Gasteiger partial charge in [0.05, 0.1) is 6.54 Å². The molecule has 1 fully saturated rings. The first kappa shape index (κ1) is 19.3. The van der Waals surface area contributed by atoms with E-state index in [4.69, 9.17) is 23.8 Å². The Balaban J connectivity index is 1.61. The monoisotopic (exact) mass is 386 g/mol. The summed E-state index contributed by atoms with van der Waals surface area (Å²) in [6, 6.07) is 7.86. The molecule has 0 unspecified atom stereocenters. The van der Waals surface area contributed by atoms with Crippen molar-refractivity contribution < 1.29 is 4.79 Å². The normalized spacial score (nSPS) is 15.2. The molecule has 1 aliphatic heterocycles. The van der Waals surface area contributed by atoms with Gasteiger partial charge in [-0.15, -0.1) is 11.8 Å². The number of thiocarbonyl (C=S) groups is 1. The number of likely N-dealkylation sites (N-methyl/N-ethyl adjacent to an activating group) is 1. The maximum Gasteiger partial charge on any atom is 0.233 e. The van der Waals surface area contributed by atoms with Crippen molar-refractivity contribution in [2.75, 3.05) is 52.1 Å². The van der Waals surface area contributed by atoms with Crippen molar-refractivity contribution in [2.24, 2.45) is 0 Å². The zero-order chi connectivity index (χ0) is 17.4. The smallest absolute Gasteiger partial charge is 0.233 e. The lowest BCUT2D eigenvalue weighted by Gasteiger charge is -2.35. The fraction of sp³-hybridized carbons (Fsp3) is 0.500. The van der Waals surface area contributed by atoms with Gasteiger partial charge in [-0.05, 0) is 36.5 Å². The van der Waals surface area contributed by atoms with Crippen LogP contribution >= 0.6 is 35.6 Å². The Labute approximate surface area is 158 Å². The second-order valence-electron chi connectivity index (χ2n) is 5.47. The van der Waals surface area contributed by atoms with Crippen LogP contribution in [-0.4, -0.2) is 72.9 Å². The van der Waals surface area contributed by atoms with Crippen molar-refractivity contribution in [1.29, 1.82) is 0 Å². The largest absolute Gasteiger partial charge is 0.362 e. The Morgan fingerprint density at radius 2 is 1.92 bits per heavy atom. The van der Waals surface area contributed by atoms with E-state index in [1.54, 1.807) is 18.8 Å². The summed E-state index contributed by atoms with van der Waals surface area (Å²) in [5.41, 5.74) is 0. The Morgan fingerprint density at radius 3 is 2.54 bits per heavy atom. The average molecular weight is 387 g/mol. The molecule has 2 rings (SSSR count). The maximum atomic E-state index is 11.4. The molecule has 1 aromatic carbocycles. The van der Waals surface area contributed by atoms with Gasteiger partial charge in [0.25, 0.3) is 0 Å². The molecule has 1 heterocycles. The second kappa shape index (κ2) is 10.1. The van der Waals surface area contributed by atoms with Crippen molar-refractivity contribution in [1.82, 2.24) is 20.4 Å². The fourth-order valence-corrected chi connectivity index (χ4v) is 3.54. The summed E-state index contributed by atoms with van der Waals surface area (Å²) in [7, 11) is 1.67. The van der Waals surface area contributed by atoms with Crippen LogP contribution in [0.3, 0.4) is 0 Å². The number of hydrogen-bond acceptors (Lipinski definition) is 4. The van der Waals surface area contributed by atoms with Gasteiger partial charge in [0.2, 0.25) is 5.91 Å². The molecule has 0 bridgehead atoms. The van der Waals surface area contributed by atoms with Gasteiger partial charge in [-0.25, -0.2) is 0 Å². The summed E-state index contributed by atoms with van der Waals surface area (Å²) in [6.45, 7) is 4.71. The fourth-order valence-electron chi connectivity index (χ4n) is 2.36. The summed E-state index contributed by atoms with van der Waals surface area (Å²) in [6.07, 6.45) is 0. The highest BCUT2D eigenvalue weighted by molar-refractivity contribution is 7.99. The molecule has 2 N–H and O–H groups in total. The predicted octanol–water partition coefficient (Wildman–Crippen LogP) is 1.67. The van der Waals surface area contributed by atoms with Gasteiger partial charge in [0.1, 0.15) is 0 Å². The molecule has 0 aromatic heterocycles. The van der Waals surface area contributed by atoms with Gasteiger partial charge < -0.3 is 15.5 Å². The topological polar surface area (TPSA) is 47.6 Å². The highest BCUT2D eigenvalue weighted by Crippen LogP contribution is 2.19. The number of amides is 1. The number of nitrogens with one attached hydrogen (secondary N) is 2. The Kier molecular flexibility index (Phi) is 8.11. The van der Waals surface area contributed by atoms with Crippen molar-refractivity contribution in [3.8, 4) is 0 Å². The van der Waals surface area contributed by atoms with Gasteiger partial charge >= 0.3 is 0 Å². The second-order valence-corrected chi connectivity index (χ2v) is 7.46. The summed E-state index contributed by atoms with van der Waals surface area (Å²) in [4.78, 5) is 16.9. The van der Waals surface area contributed by atoms with Crippen LogP contribution < -0.4 is 10.6 Å². The van der Waals surface area contributed by atoms with Gasteiger partial charge in [-0.2, -0.15) is 0 Å². The molecule has 1 saturated heterocycles. The first-order chi connectivity index (χ1) is 11.6. The van der Waals surface area contributed by atoms with Crippen LogP contribution in [0.2, 0.25) is 5.02 Å². The van der Waals surface area contributed by atoms with Gasteiger partial charge in [-0.3, -0.25) is 9.69 Å². The van der Waals surface area contributed by atoms with Gasteiger partial charge in [-0.1, -0.05) is 11.6 Å². The van der Waals surface area contributed by atoms with Crippen LogP contribution in [0.5, 0.6) is 0 Å². The number of piperazine rings is 1. The molecular formula is C16H23ClN4OS2. The van der Waals surface area contributed by atoms with Crippen molar-refractivity contribution >= 4 is 46.6 Å². The molecule has 1 aliphatic rings. The average Bonchev–Trinajstić information content (AvgIpc) is 2.60. The lowest BCUT2D eigenvalue weighted by molar-refractivity contribution is -0.122. The highest BCUT2D eigenvalue weighted by atomic mass is 35.5. The number of rotatable bonds is 6. The number of carbonyl (C=O) groups is 1. The molecule has 0 saturated carbocycles. The van der Waals surface area contributed by atoms with E-state index in [0.717, 1.165) is 48.6 Å². The number of nitrogens with zero attached hydrogens (tertiary/aromatic N) is 2. The van der Waals surface area contributed by atoms with Crippen LogP contribution in [0.15, 0.2) is 29.2 Å². The van der Waals surface area contributed by atoms with E-state index in [2.05, 4.69) is 20.4 Å². The maximum absolute atomic E-state index is 11.4. The third kappa shape index (κ3) is 6.47. The minimum absolute atomic E-state index is 0.0587. The molecule has 0 atom stereocenters. The minimum Gasteiger partial charge on any atom is -0.362 e. The Bertz CT molecular complexity index is 548. The van der Waals surface area contributed by atoms with E-state index in [9.17, 15) is 4.79 Å². The van der Waals surface area contributed by atoms with E-state index < -0.39 is 0 Å². The van der Waals surface area contributed by atoms with Crippen LogP contribution in [0.4, 0.5) is 0 Å². The van der Waals surface area contributed by atoms with Crippen LogP contribution in [0.25, 0.3) is 0 Å². The van der Waals surface area contributed by atoms with Crippen LogP contribution in [0, 0.1) is 0 Å². The van der Waals surface area contributed by atoms with Crippen molar-refractivity contribution in [2.45, 2.75) is 4.90 Å². The SMILES string of the molecule is CNC(=O)CN1CCN(C(=S)NCCSc2ccc(Cl)cc2)CC1. The summed E-state index contributed by atoms with van der Waals surface area (Å²) in [5.74, 6) is 1.00. The molecule has 8 heteroatoms. The molecular weight excluding hydrogens is 364 g/mol. The van der Waals surface area contributed by atoms with Crippen LogP contribution in [-0.2, 0) is 4.79 Å². The number of benzene rings is 1. The molecule has 0 radical (unpaired) electrons. The summed E-state index contributed by atoms with van der Waals surface area (Å²) >= 11 is 13.1. The summed E-state index contributed by atoms with van der Waals surface area (Å²) < 4.78 is 0. The standard InChI is InChI=1S/C16H23ClN4OS2/c1-18-15(22)12-20-7-9-21(10-8-20)16(23)19-6-11-24-14-4-2-13(17)3-5-14/h2-5H,6-12H2,1H3,(H,18,22)(H,19,23). The molecule has 1 aromatic rings. The van der Waals surface area contributed by atoms with Crippen molar-refractivity contribution in [3.63, 3.8) is 0 Å².